The number of rotatable bonds is 1. The molecule has 9 aromatic rings. The van der Waals surface area contributed by atoms with Gasteiger partial charge in [-0.15, -0.1) is 0 Å². The van der Waals surface area contributed by atoms with Gasteiger partial charge in [-0.05, 0) is 137 Å². The smallest absolute Gasteiger partial charge is 0.405 e. The van der Waals surface area contributed by atoms with Crippen molar-refractivity contribution in [2.75, 3.05) is 10.3 Å². The summed E-state index contributed by atoms with van der Waals surface area (Å²) >= 11 is 5.23. The Morgan fingerprint density at radius 3 is 0.554 bits per heavy atom. The molecule has 3 aromatic heterocycles. The van der Waals surface area contributed by atoms with Gasteiger partial charge in [-0.25, -0.2) is 0 Å². The van der Waals surface area contributed by atoms with E-state index < -0.39 is 14.0 Å². The molecule has 518 valence electrons. The topological polar surface area (TPSA) is 70.2 Å². The van der Waals surface area contributed by atoms with Crippen LogP contribution in [0.5, 0.6) is 0 Å². The predicted octanol–water partition coefficient (Wildman–Crippen LogP) is 25.3. The number of aryl methyl sites for hydroxylation is 3. The van der Waals surface area contributed by atoms with Crippen LogP contribution in [0.15, 0.2) is 146 Å². The van der Waals surface area contributed by atoms with Gasteiger partial charge in [0, 0.05) is 86.6 Å². The lowest BCUT2D eigenvalue weighted by atomic mass is 9.49. The molecule has 6 aromatic carbocycles. The molecular formula is C78H132B3BrIN3O6. The van der Waals surface area contributed by atoms with Crippen LogP contribution in [0.25, 0.3) is 65.4 Å². The van der Waals surface area contributed by atoms with Crippen molar-refractivity contribution < 1.29 is 27.9 Å². The highest BCUT2D eigenvalue weighted by Gasteiger charge is 2.63. The van der Waals surface area contributed by atoms with Gasteiger partial charge in [-0.2, -0.15) is 0 Å². The lowest BCUT2D eigenvalue weighted by Crippen LogP contribution is -2.41. The molecule has 0 saturated carbocycles. The fraction of sp³-hybridized carbons (Fsp3) is 0.538. The van der Waals surface area contributed by atoms with Crippen molar-refractivity contribution in [2.45, 2.75) is 249 Å². The zero-order valence-corrected chi connectivity index (χ0v) is 66.3. The first-order valence-corrected chi connectivity index (χ1v) is 36.6. The van der Waals surface area contributed by atoms with Crippen LogP contribution in [0, 0.1) is 0 Å². The van der Waals surface area contributed by atoms with Gasteiger partial charge >= 0.3 is 21.1 Å². The molecule has 0 unspecified atom stereocenters. The number of fused-ring (bicyclic) bond motifs is 9. The quantitative estimate of drug-likeness (QED) is 0.0927. The number of halogens is 2. The second-order valence-electron chi connectivity index (χ2n) is 22.8. The van der Waals surface area contributed by atoms with Crippen molar-refractivity contribution in [3.8, 4) is 0 Å². The van der Waals surface area contributed by atoms with E-state index in [2.05, 4.69) is 267 Å². The van der Waals surface area contributed by atoms with Crippen LogP contribution in [-0.4, -0.2) is 78.7 Å². The van der Waals surface area contributed by atoms with Crippen LogP contribution in [0.2, 0.25) is 6.82 Å². The summed E-state index contributed by atoms with van der Waals surface area (Å²) < 4.78 is 42.9. The minimum Gasteiger partial charge on any atom is -0.405 e. The molecule has 14 heteroatoms. The maximum atomic E-state index is 5.96. The van der Waals surface area contributed by atoms with E-state index in [4.69, 9.17) is 27.9 Å². The van der Waals surface area contributed by atoms with E-state index in [1.54, 1.807) is 0 Å². The van der Waals surface area contributed by atoms with Crippen LogP contribution < -0.4 is 0 Å². The standard InChI is InChI=1S/3C13H11N.C12H24B2O4.C7H15BO2.C3H8.C2H5I.6C2H6.CH3Br.2CH4/c3*1-14-12-8-4-2-6-10(12)11-7-3-5-9-13(11)14;1-9(2)10(3,4)16-13(15-9)14-17-11(5,6)12(7,8)18-14;1-6(2)7(3,4)10-8(5)9-6;1-3-2;1-2-3;7*1-2;;/h3*2-9H,1H3;1-8H3;1-5H3;3H2,1-2H3;2H2,1H3;6*1-2H3;1H3;2*1H4. The molecule has 92 heavy (non-hydrogen) atoms. The third-order valence-corrected chi connectivity index (χ3v) is 15.6. The first-order valence-electron chi connectivity index (χ1n) is 33.5. The Morgan fingerprint density at radius 1 is 0.315 bits per heavy atom. The van der Waals surface area contributed by atoms with Crippen LogP contribution in [0.1, 0.15) is 208 Å². The van der Waals surface area contributed by atoms with Gasteiger partial charge in [0.1, 0.15) is 0 Å². The van der Waals surface area contributed by atoms with E-state index >= 15 is 0 Å². The molecule has 0 bridgehead atoms. The first-order chi connectivity index (χ1) is 42.7. The maximum Gasteiger partial charge on any atom is 0.488 e. The molecule has 3 aliphatic heterocycles. The third-order valence-electron chi connectivity index (χ3n) is 15.6. The maximum absolute atomic E-state index is 5.96. The molecule has 3 fully saturated rings. The summed E-state index contributed by atoms with van der Waals surface area (Å²) in [4.78, 5) is 0. The number of nitrogens with zero attached hydrogens (tertiary/aromatic N) is 3. The van der Waals surface area contributed by atoms with Gasteiger partial charge in [0.05, 0.1) is 33.6 Å². The van der Waals surface area contributed by atoms with Crippen molar-refractivity contribution in [1.29, 1.82) is 0 Å². The minimum atomic E-state index is -0.476. The molecule has 0 amide bonds. The number of alkyl halides is 2. The zero-order chi connectivity index (χ0) is 70.0. The van der Waals surface area contributed by atoms with Gasteiger partial charge in [-0.1, -0.05) is 273 Å². The molecule has 0 atom stereocenters. The van der Waals surface area contributed by atoms with Crippen LogP contribution in [0.3, 0.4) is 0 Å². The number of aromatic nitrogens is 3. The summed E-state index contributed by atoms with van der Waals surface area (Å²) in [6.07, 6.45) is 1.25. The van der Waals surface area contributed by atoms with Crippen molar-refractivity contribution in [2.24, 2.45) is 21.1 Å². The van der Waals surface area contributed by atoms with Crippen molar-refractivity contribution in [3.05, 3.63) is 146 Å². The monoisotopic (exact) mass is 1450 g/mol. The van der Waals surface area contributed by atoms with E-state index in [0.29, 0.717) is 0 Å². The summed E-state index contributed by atoms with van der Waals surface area (Å²) in [7, 11) is 5.33. The molecular weight excluding hydrogens is 1310 g/mol. The Morgan fingerprint density at radius 2 is 0.435 bits per heavy atom. The Balaban J connectivity index is -0.000000491. The number of hydrogen-bond donors (Lipinski definition) is 0. The van der Waals surface area contributed by atoms with Crippen LogP contribution in [-0.2, 0) is 49.1 Å². The highest BCUT2D eigenvalue weighted by Crippen LogP contribution is 2.43. The van der Waals surface area contributed by atoms with E-state index in [9.17, 15) is 0 Å². The molecule has 6 heterocycles. The summed E-state index contributed by atoms with van der Waals surface area (Å²) in [6, 6.07) is 51.1. The summed E-state index contributed by atoms with van der Waals surface area (Å²) in [5.41, 5.74) is 6.04. The molecule has 12 rings (SSSR count). The molecule has 0 N–H and O–H groups in total. The van der Waals surface area contributed by atoms with Crippen LogP contribution >= 0.6 is 38.5 Å². The Labute approximate surface area is 588 Å². The van der Waals surface area contributed by atoms with Crippen LogP contribution in [0.4, 0.5) is 0 Å². The molecule has 0 aliphatic carbocycles. The number of benzene rings is 6. The Bertz CT molecular complexity index is 2840. The predicted molar refractivity (Wildman–Crippen MR) is 432 cm³/mol. The number of hydrogen-bond acceptors (Lipinski definition) is 6. The molecule has 9 nitrogen and oxygen atoms in total. The Kier molecular flexibility index (Phi) is 47.3. The second kappa shape index (κ2) is 46.1. The van der Waals surface area contributed by atoms with Crippen molar-refractivity contribution in [1.82, 2.24) is 13.7 Å². The fourth-order valence-electron chi connectivity index (χ4n) is 9.49. The molecule has 3 aliphatic rings. The van der Waals surface area contributed by atoms with E-state index in [0.717, 1.165) is 0 Å². The molecule has 0 radical (unpaired) electrons. The minimum absolute atomic E-state index is 0. The first kappa shape index (κ1) is 94.3. The zero-order valence-electron chi connectivity index (χ0n) is 62.5. The molecule has 3 saturated heterocycles. The summed E-state index contributed by atoms with van der Waals surface area (Å²) in [5, 5.41) is 8.03. The van der Waals surface area contributed by atoms with E-state index in [1.165, 1.54) is 76.3 Å². The highest BCUT2D eigenvalue weighted by molar-refractivity contribution is 14.1. The lowest BCUT2D eigenvalue weighted by molar-refractivity contribution is 0.00578. The van der Waals surface area contributed by atoms with E-state index in [-0.39, 0.29) is 55.6 Å². The third kappa shape index (κ3) is 24.5. The fourth-order valence-corrected chi connectivity index (χ4v) is 9.49. The largest absolute Gasteiger partial charge is 0.488 e. The van der Waals surface area contributed by atoms with Gasteiger partial charge in [0.15, 0.2) is 0 Å². The van der Waals surface area contributed by atoms with E-state index in [1.807, 2.05) is 151 Å². The number of para-hydroxylation sites is 6. The van der Waals surface area contributed by atoms with Gasteiger partial charge in [-0.3, -0.25) is 0 Å². The SMILES string of the molecule is C.C.CB1OC(C)(C)C(C)(C)O1.CBr.CC.CC.CC.CC.CC.CC.CC1(C)OB(B2OC(C)(C)C(C)(C)O2)OC1(C)C.CCC.CCI.Cn1c2ccccc2c2ccccc21.Cn1c2ccccc2c2ccccc21.Cn1c2ccccc2c2ccccc21. The van der Waals surface area contributed by atoms with Crippen molar-refractivity contribution >= 4 is 125 Å². The molecule has 0 spiro atoms. The average molecular weight is 1450 g/mol. The summed E-state index contributed by atoms with van der Waals surface area (Å²) in [6.45, 7) is 56.7. The average Bonchev–Trinajstić information content (AvgIpc) is 1.63. The highest BCUT2D eigenvalue weighted by atomic mass is 127. The summed E-state index contributed by atoms with van der Waals surface area (Å²) in [5.74, 6) is 1.81. The van der Waals surface area contributed by atoms with Crippen molar-refractivity contribution in [3.63, 3.8) is 0 Å². The lowest BCUT2D eigenvalue weighted by Gasteiger charge is -2.32. The van der Waals surface area contributed by atoms with Gasteiger partial charge < -0.3 is 41.6 Å². The van der Waals surface area contributed by atoms with Gasteiger partial charge in [0.25, 0.3) is 0 Å². The van der Waals surface area contributed by atoms with Gasteiger partial charge in [0.2, 0.25) is 0 Å². The normalized spacial score (nSPS) is 15.4. The second-order valence-corrected chi connectivity index (χ2v) is 24.4. The Hall–Kier alpha value is -4.12.